The zero-order valence-corrected chi connectivity index (χ0v) is 13.4. The predicted octanol–water partition coefficient (Wildman–Crippen LogP) is 4.12. The van der Waals surface area contributed by atoms with Crippen LogP contribution in [0.3, 0.4) is 0 Å². The third kappa shape index (κ3) is 3.73. The molecule has 1 aromatic carbocycles. The molecule has 1 aromatic heterocycles. The van der Waals surface area contributed by atoms with Crippen LogP contribution in [-0.4, -0.2) is 9.78 Å². The number of rotatable bonds is 7. The Morgan fingerprint density at radius 1 is 1.14 bits per heavy atom. The Balaban J connectivity index is 2.27. The topological polar surface area (TPSA) is 43.8 Å². The van der Waals surface area contributed by atoms with Gasteiger partial charge in [0.15, 0.2) is 0 Å². The molecule has 2 N–H and O–H groups in total. The maximum atomic E-state index is 6.60. The zero-order chi connectivity index (χ0) is 15.2. The molecule has 0 radical (unpaired) electrons. The molecule has 0 aliphatic heterocycles. The van der Waals surface area contributed by atoms with E-state index in [1.165, 1.54) is 5.56 Å². The number of nitrogens with zero attached hydrogens (tertiary/aromatic N) is 2. The molecule has 3 nitrogen and oxygen atoms in total. The Morgan fingerprint density at radius 3 is 2.48 bits per heavy atom. The number of nitrogens with two attached hydrogens (primary N) is 1. The van der Waals surface area contributed by atoms with Crippen molar-refractivity contribution in [2.24, 2.45) is 11.7 Å². The molecule has 0 saturated heterocycles. The minimum absolute atomic E-state index is 0.00652. The molecule has 114 valence electrons. The van der Waals surface area contributed by atoms with Crippen LogP contribution in [0.4, 0.5) is 0 Å². The van der Waals surface area contributed by atoms with E-state index in [0.717, 1.165) is 24.9 Å². The van der Waals surface area contributed by atoms with E-state index in [9.17, 15) is 0 Å². The molecule has 0 amide bonds. The lowest BCUT2D eigenvalue weighted by Crippen LogP contribution is -2.24. The van der Waals surface area contributed by atoms with Crippen LogP contribution in [0.2, 0.25) is 0 Å². The minimum atomic E-state index is -0.00652. The van der Waals surface area contributed by atoms with Gasteiger partial charge in [-0.05, 0) is 17.9 Å². The average Bonchev–Trinajstić information content (AvgIpc) is 2.97. The summed E-state index contributed by atoms with van der Waals surface area (Å²) in [6, 6.07) is 10.6. The fraction of sp³-hybridized carbons (Fsp3) is 0.500. The largest absolute Gasteiger partial charge is 0.323 e. The molecule has 0 aliphatic rings. The van der Waals surface area contributed by atoms with Crippen LogP contribution in [0.1, 0.15) is 56.7 Å². The second-order valence-electron chi connectivity index (χ2n) is 5.88. The van der Waals surface area contributed by atoms with Crippen molar-refractivity contribution in [2.45, 2.75) is 52.1 Å². The number of hydrogen-bond donors (Lipinski definition) is 1. The Kier molecular flexibility index (Phi) is 5.57. The Bertz CT molecular complexity index is 532. The third-order valence-corrected chi connectivity index (χ3v) is 4.32. The van der Waals surface area contributed by atoms with E-state index in [1.54, 1.807) is 0 Å². The van der Waals surface area contributed by atoms with E-state index in [2.05, 4.69) is 62.4 Å². The smallest absolute Gasteiger partial charge is 0.0537 e. The monoisotopic (exact) mass is 285 g/mol. The van der Waals surface area contributed by atoms with Crippen LogP contribution in [0.5, 0.6) is 0 Å². The first-order chi connectivity index (χ1) is 10.2. The fourth-order valence-electron chi connectivity index (χ4n) is 2.93. The van der Waals surface area contributed by atoms with Gasteiger partial charge in [0.05, 0.1) is 6.20 Å². The Hall–Kier alpha value is -1.61. The van der Waals surface area contributed by atoms with Gasteiger partial charge in [-0.25, -0.2) is 0 Å². The second-order valence-corrected chi connectivity index (χ2v) is 5.88. The standard InChI is InChI=1S/C18H27N3/c1-4-11-21-13-16(12-20-21)18(19)17(14(3)5-2)15-9-7-6-8-10-15/h6-10,12-14,17-18H,4-5,11,19H2,1-3H3. The van der Waals surface area contributed by atoms with E-state index in [0.29, 0.717) is 11.8 Å². The van der Waals surface area contributed by atoms with E-state index >= 15 is 0 Å². The summed E-state index contributed by atoms with van der Waals surface area (Å²) in [7, 11) is 0. The molecule has 1 heterocycles. The number of hydrogen-bond acceptors (Lipinski definition) is 2. The molecular weight excluding hydrogens is 258 g/mol. The summed E-state index contributed by atoms with van der Waals surface area (Å²) in [5, 5.41) is 4.42. The lowest BCUT2D eigenvalue weighted by molar-refractivity contribution is 0.387. The maximum absolute atomic E-state index is 6.60. The van der Waals surface area contributed by atoms with E-state index in [1.807, 2.05) is 10.9 Å². The van der Waals surface area contributed by atoms with Crippen LogP contribution < -0.4 is 5.73 Å². The van der Waals surface area contributed by atoms with Crippen molar-refractivity contribution in [3.63, 3.8) is 0 Å². The molecule has 0 bridgehead atoms. The van der Waals surface area contributed by atoms with Crippen molar-refractivity contribution in [3.05, 3.63) is 53.9 Å². The highest BCUT2D eigenvalue weighted by Crippen LogP contribution is 2.36. The van der Waals surface area contributed by atoms with E-state index in [4.69, 9.17) is 5.73 Å². The highest BCUT2D eigenvalue weighted by molar-refractivity contribution is 5.26. The lowest BCUT2D eigenvalue weighted by atomic mass is 9.79. The summed E-state index contributed by atoms with van der Waals surface area (Å²) in [5.74, 6) is 0.868. The molecule has 0 spiro atoms. The van der Waals surface area contributed by atoms with Crippen LogP contribution >= 0.6 is 0 Å². The first-order valence-corrected chi connectivity index (χ1v) is 8.00. The molecule has 3 atom stereocenters. The molecule has 3 heteroatoms. The number of aromatic nitrogens is 2. The van der Waals surface area contributed by atoms with Gasteiger partial charge >= 0.3 is 0 Å². The van der Waals surface area contributed by atoms with E-state index in [-0.39, 0.29) is 6.04 Å². The van der Waals surface area contributed by atoms with Crippen molar-refractivity contribution in [2.75, 3.05) is 0 Å². The molecular formula is C18H27N3. The van der Waals surface area contributed by atoms with Crippen molar-refractivity contribution in [1.82, 2.24) is 9.78 Å². The summed E-state index contributed by atoms with van der Waals surface area (Å²) in [4.78, 5) is 0. The minimum Gasteiger partial charge on any atom is -0.323 e. The quantitative estimate of drug-likeness (QED) is 0.831. The van der Waals surface area contributed by atoms with E-state index < -0.39 is 0 Å². The molecule has 3 unspecified atom stereocenters. The maximum Gasteiger partial charge on any atom is 0.0537 e. The third-order valence-electron chi connectivity index (χ3n) is 4.32. The van der Waals surface area contributed by atoms with Gasteiger partial charge in [-0.3, -0.25) is 4.68 Å². The van der Waals surface area contributed by atoms with Gasteiger partial charge in [0.1, 0.15) is 0 Å². The van der Waals surface area contributed by atoms with Crippen LogP contribution in [0, 0.1) is 5.92 Å². The molecule has 2 rings (SSSR count). The average molecular weight is 285 g/mol. The molecule has 21 heavy (non-hydrogen) atoms. The predicted molar refractivity (Wildman–Crippen MR) is 88.1 cm³/mol. The van der Waals surface area contributed by atoms with Gasteiger partial charge in [-0.1, -0.05) is 57.5 Å². The SMILES string of the molecule is CCCn1cc(C(N)C(c2ccccc2)C(C)CC)cn1. The van der Waals surface area contributed by atoms with Gasteiger partial charge < -0.3 is 5.73 Å². The Labute approximate surface area is 128 Å². The van der Waals surface area contributed by atoms with Crippen LogP contribution in [0.15, 0.2) is 42.7 Å². The molecule has 0 saturated carbocycles. The van der Waals surface area contributed by atoms with Crippen molar-refractivity contribution in [1.29, 1.82) is 0 Å². The summed E-state index contributed by atoms with van der Waals surface area (Å²) in [5.41, 5.74) is 9.06. The van der Waals surface area contributed by atoms with Gasteiger partial charge in [0.25, 0.3) is 0 Å². The zero-order valence-electron chi connectivity index (χ0n) is 13.4. The number of aryl methyl sites for hydroxylation is 1. The van der Waals surface area contributed by atoms with Crippen molar-refractivity contribution >= 4 is 0 Å². The second kappa shape index (κ2) is 7.41. The van der Waals surface area contributed by atoms with Gasteiger partial charge in [-0.2, -0.15) is 5.10 Å². The Morgan fingerprint density at radius 2 is 1.86 bits per heavy atom. The van der Waals surface area contributed by atoms with Crippen molar-refractivity contribution < 1.29 is 0 Å². The highest BCUT2D eigenvalue weighted by atomic mass is 15.3. The summed E-state index contributed by atoms with van der Waals surface area (Å²) >= 11 is 0. The lowest BCUT2D eigenvalue weighted by Gasteiger charge is -2.29. The molecule has 0 fully saturated rings. The van der Waals surface area contributed by atoms with Crippen LogP contribution in [-0.2, 0) is 6.54 Å². The number of benzene rings is 1. The first kappa shape index (κ1) is 15.8. The summed E-state index contributed by atoms with van der Waals surface area (Å²) in [6.07, 6.45) is 6.24. The molecule has 0 aliphatic carbocycles. The first-order valence-electron chi connectivity index (χ1n) is 8.00. The van der Waals surface area contributed by atoms with Crippen molar-refractivity contribution in [3.8, 4) is 0 Å². The molecule has 2 aromatic rings. The van der Waals surface area contributed by atoms with Crippen LogP contribution in [0.25, 0.3) is 0 Å². The fourth-order valence-corrected chi connectivity index (χ4v) is 2.93. The summed E-state index contributed by atoms with van der Waals surface area (Å²) < 4.78 is 1.99. The van der Waals surface area contributed by atoms with Gasteiger partial charge in [0, 0.05) is 30.3 Å². The normalized spacial score (nSPS) is 15.6. The highest BCUT2D eigenvalue weighted by Gasteiger charge is 2.26. The summed E-state index contributed by atoms with van der Waals surface area (Å²) in [6.45, 7) is 7.63. The van der Waals surface area contributed by atoms with Gasteiger partial charge in [0.2, 0.25) is 0 Å². The van der Waals surface area contributed by atoms with Gasteiger partial charge in [-0.15, -0.1) is 0 Å².